The molecule has 1 aliphatic carbocycles. The Hall–Kier alpha value is -2.42. The number of imide groups is 1. The zero-order valence-electron chi connectivity index (χ0n) is 16.4. The van der Waals surface area contributed by atoms with Crippen LogP contribution < -0.4 is 5.32 Å². The molecule has 0 aromatic carbocycles. The first-order valence-electron chi connectivity index (χ1n) is 10.0. The van der Waals surface area contributed by atoms with E-state index < -0.39 is 6.04 Å². The Kier molecular flexibility index (Phi) is 5.84. The Balaban J connectivity index is 1.50. The first-order chi connectivity index (χ1) is 14.1. The SMILES string of the molecule is CSCC[C@H](C(=O)NCc1nnc2ccccn12)N1C(=O)[C@@H]2CCCC[C@H]2C1=O. The average Bonchev–Trinajstić information content (AvgIpc) is 3.27. The van der Waals surface area contributed by atoms with Gasteiger partial charge in [0.15, 0.2) is 11.5 Å². The van der Waals surface area contributed by atoms with Crippen LogP contribution in [0.4, 0.5) is 0 Å². The van der Waals surface area contributed by atoms with Crippen molar-refractivity contribution in [2.75, 3.05) is 12.0 Å². The zero-order valence-corrected chi connectivity index (χ0v) is 17.2. The Labute approximate surface area is 173 Å². The minimum absolute atomic E-state index is 0.172. The number of amides is 3. The average molecular weight is 416 g/mol. The predicted octanol–water partition coefficient (Wildman–Crippen LogP) is 1.64. The van der Waals surface area contributed by atoms with E-state index in [4.69, 9.17) is 0 Å². The molecular weight excluding hydrogens is 390 g/mol. The van der Waals surface area contributed by atoms with Gasteiger partial charge in [-0.05, 0) is 43.4 Å². The second-order valence-corrected chi connectivity index (χ2v) is 8.59. The van der Waals surface area contributed by atoms with Gasteiger partial charge in [-0.3, -0.25) is 23.7 Å². The van der Waals surface area contributed by atoms with E-state index in [1.165, 1.54) is 4.90 Å². The summed E-state index contributed by atoms with van der Waals surface area (Å²) in [5, 5.41) is 11.1. The molecule has 154 valence electrons. The van der Waals surface area contributed by atoms with Gasteiger partial charge < -0.3 is 5.32 Å². The molecule has 1 saturated carbocycles. The number of rotatable bonds is 7. The first kappa shape index (κ1) is 19.9. The van der Waals surface area contributed by atoms with E-state index in [9.17, 15) is 14.4 Å². The fourth-order valence-electron chi connectivity index (χ4n) is 4.40. The number of nitrogens with zero attached hydrogens (tertiary/aromatic N) is 4. The van der Waals surface area contributed by atoms with Crippen molar-refractivity contribution in [3.63, 3.8) is 0 Å². The lowest BCUT2D eigenvalue weighted by Crippen LogP contribution is -2.50. The number of likely N-dealkylation sites (tertiary alicyclic amines) is 1. The summed E-state index contributed by atoms with van der Waals surface area (Å²) in [5.41, 5.74) is 0.699. The summed E-state index contributed by atoms with van der Waals surface area (Å²) in [5.74, 6) is 0.140. The van der Waals surface area contributed by atoms with Crippen molar-refractivity contribution in [2.24, 2.45) is 11.8 Å². The molecule has 2 aromatic rings. The van der Waals surface area contributed by atoms with Crippen molar-refractivity contribution < 1.29 is 14.4 Å². The first-order valence-corrected chi connectivity index (χ1v) is 11.4. The summed E-state index contributed by atoms with van der Waals surface area (Å²) in [4.78, 5) is 40.2. The Morgan fingerprint density at radius 3 is 2.62 bits per heavy atom. The summed E-state index contributed by atoms with van der Waals surface area (Å²) in [6, 6.07) is 4.80. The third kappa shape index (κ3) is 3.75. The maximum absolute atomic E-state index is 13.0. The van der Waals surface area contributed by atoms with Gasteiger partial charge in [0, 0.05) is 6.20 Å². The lowest BCUT2D eigenvalue weighted by atomic mass is 9.81. The highest BCUT2D eigenvalue weighted by atomic mass is 32.2. The molecule has 3 amide bonds. The van der Waals surface area contributed by atoms with Crippen LogP contribution in [0.1, 0.15) is 37.9 Å². The maximum atomic E-state index is 13.0. The topological polar surface area (TPSA) is 96.7 Å². The normalized spacial score (nSPS) is 22.7. The van der Waals surface area contributed by atoms with Gasteiger partial charge in [-0.25, -0.2) is 0 Å². The summed E-state index contributed by atoms with van der Waals surface area (Å²) >= 11 is 1.60. The van der Waals surface area contributed by atoms with E-state index in [1.807, 2.05) is 30.7 Å². The third-order valence-electron chi connectivity index (χ3n) is 5.89. The molecule has 4 rings (SSSR count). The van der Waals surface area contributed by atoms with Crippen LogP contribution in [0.3, 0.4) is 0 Å². The van der Waals surface area contributed by atoms with Gasteiger partial charge in [-0.2, -0.15) is 11.8 Å². The molecule has 9 heteroatoms. The number of hydrogen-bond donors (Lipinski definition) is 1. The second-order valence-electron chi connectivity index (χ2n) is 7.60. The largest absolute Gasteiger partial charge is 0.347 e. The van der Waals surface area contributed by atoms with Gasteiger partial charge in [-0.1, -0.05) is 18.9 Å². The fraction of sp³-hybridized carbons (Fsp3) is 0.550. The predicted molar refractivity (Wildman–Crippen MR) is 109 cm³/mol. The van der Waals surface area contributed by atoms with E-state index in [0.717, 1.165) is 25.7 Å². The van der Waals surface area contributed by atoms with Gasteiger partial charge in [0.25, 0.3) is 0 Å². The van der Waals surface area contributed by atoms with Crippen molar-refractivity contribution in [2.45, 2.75) is 44.7 Å². The van der Waals surface area contributed by atoms with Crippen LogP contribution in [0.15, 0.2) is 24.4 Å². The Morgan fingerprint density at radius 1 is 1.21 bits per heavy atom. The lowest BCUT2D eigenvalue weighted by molar-refractivity contribution is -0.148. The van der Waals surface area contributed by atoms with Crippen LogP contribution in [0.2, 0.25) is 0 Å². The van der Waals surface area contributed by atoms with E-state index in [1.54, 1.807) is 16.2 Å². The highest BCUT2D eigenvalue weighted by molar-refractivity contribution is 7.98. The number of aromatic nitrogens is 3. The molecule has 0 radical (unpaired) electrons. The molecule has 8 nitrogen and oxygen atoms in total. The van der Waals surface area contributed by atoms with E-state index in [2.05, 4.69) is 15.5 Å². The molecule has 0 unspecified atom stereocenters. The van der Waals surface area contributed by atoms with Gasteiger partial charge in [-0.15, -0.1) is 10.2 Å². The van der Waals surface area contributed by atoms with Crippen LogP contribution in [-0.4, -0.2) is 55.3 Å². The molecule has 0 spiro atoms. The summed E-state index contributed by atoms with van der Waals surface area (Å²) in [7, 11) is 0. The number of pyridine rings is 1. The smallest absolute Gasteiger partial charge is 0.243 e. The molecule has 1 N–H and O–H groups in total. The standard InChI is InChI=1S/C20H25N5O3S/c1-29-11-9-15(25-19(27)13-6-2-3-7-14(13)20(25)28)18(26)21-12-17-23-22-16-8-4-5-10-24(16)17/h4-5,8,10,13-15H,2-3,6-7,9,11-12H2,1H3,(H,21,26)/t13-,14-,15-/m1/s1. The zero-order chi connectivity index (χ0) is 20.4. The van der Waals surface area contributed by atoms with Crippen molar-refractivity contribution in [1.29, 1.82) is 0 Å². The van der Waals surface area contributed by atoms with Crippen molar-refractivity contribution in [3.8, 4) is 0 Å². The third-order valence-corrected chi connectivity index (χ3v) is 6.53. The molecule has 2 aromatic heterocycles. The lowest BCUT2D eigenvalue weighted by Gasteiger charge is -2.25. The summed E-state index contributed by atoms with van der Waals surface area (Å²) in [6.07, 6.45) is 7.66. The highest BCUT2D eigenvalue weighted by Gasteiger charge is 2.51. The molecule has 3 atom stereocenters. The molecular formula is C20H25N5O3S. The molecule has 0 bridgehead atoms. The van der Waals surface area contributed by atoms with Crippen molar-refractivity contribution in [1.82, 2.24) is 24.8 Å². The molecule has 3 heterocycles. The highest BCUT2D eigenvalue weighted by Crippen LogP contribution is 2.39. The number of thioether (sulfide) groups is 1. The Morgan fingerprint density at radius 2 is 1.93 bits per heavy atom. The Bertz CT molecular complexity index is 906. The quantitative estimate of drug-likeness (QED) is 0.691. The van der Waals surface area contributed by atoms with Gasteiger partial charge in [0.05, 0.1) is 18.4 Å². The van der Waals surface area contributed by atoms with E-state index in [-0.39, 0.29) is 36.1 Å². The monoisotopic (exact) mass is 415 g/mol. The molecule has 2 aliphatic rings. The van der Waals surface area contributed by atoms with Crippen molar-refractivity contribution >= 4 is 35.1 Å². The second kappa shape index (κ2) is 8.52. The minimum Gasteiger partial charge on any atom is -0.347 e. The number of nitrogens with one attached hydrogen (secondary N) is 1. The van der Waals surface area contributed by atoms with Crippen LogP contribution in [0, 0.1) is 11.8 Å². The van der Waals surface area contributed by atoms with E-state index >= 15 is 0 Å². The van der Waals surface area contributed by atoms with Crippen LogP contribution in [-0.2, 0) is 20.9 Å². The number of hydrogen-bond acceptors (Lipinski definition) is 6. The van der Waals surface area contributed by atoms with Gasteiger partial charge >= 0.3 is 0 Å². The number of fused-ring (bicyclic) bond motifs is 2. The fourth-order valence-corrected chi connectivity index (χ4v) is 4.86. The molecule has 29 heavy (non-hydrogen) atoms. The van der Waals surface area contributed by atoms with Gasteiger partial charge in [0.1, 0.15) is 6.04 Å². The van der Waals surface area contributed by atoms with E-state index in [0.29, 0.717) is 23.6 Å². The van der Waals surface area contributed by atoms with Crippen LogP contribution in [0.25, 0.3) is 5.65 Å². The summed E-state index contributed by atoms with van der Waals surface area (Å²) in [6.45, 7) is 0.183. The van der Waals surface area contributed by atoms with Crippen LogP contribution in [0.5, 0.6) is 0 Å². The van der Waals surface area contributed by atoms with Crippen molar-refractivity contribution in [3.05, 3.63) is 30.2 Å². The number of carbonyl (C=O) groups excluding carboxylic acids is 3. The number of carbonyl (C=O) groups is 3. The van der Waals surface area contributed by atoms with Gasteiger partial charge in [0.2, 0.25) is 17.7 Å². The molecule has 2 fully saturated rings. The molecule has 1 aliphatic heterocycles. The molecule has 1 saturated heterocycles. The minimum atomic E-state index is -0.771. The maximum Gasteiger partial charge on any atom is 0.243 e. The summed E-state index contributed by atoms with van der Waals surface area (Å²) < 4.78 is 1.80. The van der Waals surface area contributed by atoms with Crippen LogP contribution >= 0.6 is 11.8 Å².